The van der Waals surface area contributed by atoms with Crippen molar-refractivity contribution in [3.05, 3.63) is 84.4 Å². The highest BCUT2D eigenvalue weighted by Crippen LogP contribution is 2.29. The average molecular weight is 445 g/mol. The smallest absolute Gasteiger partial charge is 0.234 e. The van der Waals surface area contributed by atoms with Crippen molar-refractivity contribution < 1.29 is 9.53 Å². The summed E-state index contributed by atoms with van der Waals surface area (Å²) < 4.78 is 7.24. The number of hydrogen-bond acceptors (Lipinski definition) is 5. The Labute approximate surface area is 191 Å². The minimum Gasteiger partial charge on any atom is -0.497 e. The fourth-order valence-electron chi connectivity index (χ4n) is 3.25. The Kier molecular flexibility index (Phi) is 6.87. The number of nitrogens with zero attached hydrogens (tertiary/aromatic N) is 3. The van der Waals surface area contributed by atoms with Crippen molar-refractivity contribution in [1.82, 2.24) is 14.8 Å². The maximum atomic E-state index is 12.5. The third kappa shape index (κ3) is 5.00. The minimum atomic E-state index is -0.0928. The molecule has 32 heavy (non-hydrogen) atoms. The lowest BCUT2D eigenvalue weighted by atomic mass is 10.1. The zero-order chi connectivity index (χ0) is 22.3. The maximum absolute atomic E-state index is 12.5. The summed E-state index contributed by atoms with van der Waals surface area (Å²) in [5.74, 6) is 1.61. The summed E-state index contributed by atoms with van der Waals surface area (Å²) in [6.07, 6.45) is 0.967. The van der Waals surface area contributed by atoms with Gasteiger partial charge in [-0.3, -0.25) is 9.36 Å². The highest BCUT2D eigenvalue weighted by molar-refractivity contribution is 7.99. The summed E-state index contributed by atoms with van der Waals surface area (Å²) in [6, 6.07) is 25.5. The average Bonchev–Trinajstić information content (AvgIpc) is 3.28. The molecule has 0 radical (unpaired) electrons. The third-order valence-electron chi connectivity index (χ3n) is 4.97. The van der Waals surface area contributed by atoms with Gasteiger partial charge in [0.1, 0.15) is 5.75 Å². The van der Waals surface area contributed by atoms with Crippen molar-refractivity contribution >= 4 is 23.4 Å². The first kappa shape index (κ1) is 21.6. The number of methoxy groups -OCH3 is 1. The third-order valence-corrected chi connectivity index (χ3v) is 5.90. The monoisotopic (exact) mass is 444 g/mol. The fourth-order valence-corrected chi connectivity index (χ4v) is 4.00. The van der Waals surface area contributed by atoms with E-state index < -0.39 is 0 Å². The van der Waals surface area contributed by atoms with E-state index in [9.17, 15) is 4.79 Å². The van der Waals surface area contributed by atoms with E-state index in [1.54, 1.807) is 7.11 Å². The van der Waals surface area contributed by atoms with Crippen LogP contribution in [0.1, 0.15) is 12.5 Å². The molecule has 1 aromatic heterocycles. The Balaban J connectivity index is 1.56. The number of aromatic nitrogens is 3. The molecule has 0 bridgehead atoms. The predicted molar refractivity (Wildman–Crippen MR) is 129 cm³/mol. The normalized spacial score (nSPS) is 10.7. The van der Waals surface area contributed by atoms with Gasteiger partial charge in [0, 0.05) is 16.9 Å². The predicted octanol–water partition coefficient (Wildman–Crippen LogP) is 5.24. The van der Waals surface area contributed by atoms with Crippen LogP contribution in [0.2, 0.25) is 0 Å². The molecule has 6 nitrogen and oxygen atoms in total. The number of ether oxygens (including phenoxy) is 1. The highest BCUT2D eigenvalue weighted by Gasteiger charge is 2.17. The number of amides is 1. The minimum absolute atomic E-state index is 0.0928. The first-order valence-corrected chi connectivity index (χ1v) is 11.3. The number of hydrogen-bond donors (Lipinski definition) is 1. The summed E-state index contributed by atoms with van der Waals surface area (Å²) in [6.45, 7) is 2.10. The lowest BCUT2D eigenvalue weighted by Gasteiger charge is -2.11. The molecule has 0 unspecified atom stereocenters. The number of thioether (sulfide) groups is 1. The standard InChI is InChI=1S/C25H24N4O2S/c1-3-18-9-11-20(12-10-18)26-23(30)17-32-25-28-27-24(19-7-5-4-6-8-19)29(25)21-13-15-22(31-2)16-14-21/h4-16H,3,17H2,1-2H3,(H,26,30). The van der Waals surface area contributed by atoms with Gasteiger partial charge in [0.05, 0.1) is 12.9 Å². The molecule has 7 heteroatoms. The van der Waals surface area contributed by atoms with Gasteiger partial charge < -0.3 is 10.1 Å². The van der Waals surface area contributed by atoms with Crippen LogP contribution in [0.25, 0.3) is 17.1 Å². The topological polar surface area (TPSA) is 69.0 Å². The van der Waals surface area contributed by atoms with Gasteiger partial charge in [-0.25, -0.2) is 0 Å². The molecule has 0 fully saturated rings. The molecule has 0 aliphatic carbocycles. The van der Waals surface area contributed by atoms with Crippen molar-refractivity contribution in [1.29, 1.82) is 0 Å². The van der Waals surface area contributed by atoms with Gasteiger partial charge in [-0.05, 0) is 48.4 Å². The molecule has 0 spiro atoms. The van der Waals surface area contributed by atoms with E-state index in [0.29, 0.717) is 11.0 Å². The molecule has 1 amide bonds. The Hall–Kier alpha value is -3.58. The Bertz CT molecular complexity index is 1170. The van der Waals surface area contributed by atoms with Gasteiger partial charge in [-0.15, -0.1) is 10.2 Å². The molecule has 1 heterocycles. The number of aryl methyl sites for hydroxylation is 1. The van der Waals surface area contributed by atoms with Crippen LogP contribution in [0.5, 0.6) is 5.75 Å². The van der Waals surface area contributed by atoms with E-state index in [1.165, 1.54) is 17.3 Å². The van der Waals surface area contributed by atoms with Crippen LogP contribution in [0.3, 0.4) is 0 Å². The van der Waals surface area contributed by atoms with Gasteiger partial charge in [-0.1, -0.05) is 61.2 Å². The number of rotatable bonds is 8. The second kappa shape index (κ2) is 10.2. The van der Waals surface area contributed by atoms with Gasteiger partial charge >= 0.3 is 0 Å². The molecule has 3 aromatic carbocycles. The lowest BCUT2D eigenvalue weighted by Crippen LogP contribution is -2.14. The van der Waals surface area contributed by atoms with E-state index in [-0.39, 0.29) is 11.7 Å². The summed E-state index contributed by atoms with van der Waals surface area (Å²) >= 11 is 1.35. The summed E-state index contributed by atoms with van der Waals surface area (Å²) in [4.78, 5) is 12.5. The molecule has 1 N–H and O–H groups in total. The second-order valence-corrected chi connectivity index (χ2v) is 8.04. The molecule has 0 saturated carbocycles. The first-order valence-electron chi connectivity index (χ1n) is 10.3. The summed E-state index contributed by atoms with van der Waals surface area (Å²) in [7, 11) is 1.64. The quantitative estimate of drug-likeness (QED) is 0.377. The van der Waals surface area contributed by atoms with Crippen LogP contribution in [-0.4, -0.2) is 33.5 Å². The molecular weight excluding hydrogens is 420 g/mol. The molecule has 4 aromatic rings. The van der Waals surface area contributed by atoms with Crippen molar-refractivity contribution in [2.45, 2.75) is 18.5 Å². The Morgan fingerprint density at radius 2 is 1.69 bits per heavy atom. The van der Waals surface area contributed by atoms with E-state index >= 15 is 0 Å². The van der Waals surface area contributed by atoms with Crippen molar-refractivity contribution in [2.75, 3.05) is 18.2 Å². The SMILES string of the molecule is CCc1ccc(NC(=O)CSc2nnc(-c3ccccc3)n2-c2ccc(OC)cc2)cc1. The van der Waals surface area contributed by atoms with E-state index in [2.05, 4.69) is 22.4 Å². The van der Waals surface area contributed by atoms with Crippen molar-refractivity contribution in [3.63, 3.8) is 0 Å². The van der Waals surface area contributed by atoms with Gasteiger partial charge in [0.25, 0.3) is 0 Å². The number of nitrogens with one attached hydrogen (secondary N) is 1. The van der Waals surface area contributed by atoms with Crippen LogP contribution in [0.4, 0.5) is 5.69 Å². The van der Waals surface area contributed by atoms with Crippen molar-refractivity contribution in [3.8, 4) is 22.8 Å². The lowest BCUT2D eigenvalue weighted by molar-refractivity contribution is -0.113. The Morgan fingerprint density at radius 1 is 0.969 bits per heavy atom. The maximum Gasteiger partial charge on any atom is 0.234 e. The van der Waals surface area contributed by atoms with Crippen LogP contribution in [0.15, 0.2) is 84.0 Å². The zero-order valence-electron chi connectivity index (χ0n) is 18.0. The van der Waals surface area contributed by atoms with E-state index in [4.69, 9.17) is 4.74 Å². The number of anilines is 1. The van der Waals surface area contributed by atoms with Gasteiger partial charge in [0.2, 0.25) is 5.91 Å². The van der Waals surface area contributed by atoms with E-state index in [1.807, 2.05) is 83.4 Å². The number of benzene rings is 3. The zero-order valence-corrected chi connectivity index (χ0v) is 18.8. The molecule has 4 rings (SSSR count). The summed E-state index contributed by atoms with van der Waals surface area (Å²) in [5.41, 5.74) is 3.86. The largest absolute Gasteiger partial charge is 0.497 e. The van der Waals surface area contributed by atoms with Crippen LogP contribution < -0.4 is 10.1 Å². The molecule has 0 aliphatic rings. The highest BCUT2D eigenvalue weighted by atomic mass is 32.2. The second-order valence-electron chi connectivity index (χ2n) is 7.09. The van der Waals surface area contributed by atoms with Crippen molar-refractivity contribution in [2.24, 2.45) is 0 Å². The first-order chi connectivity index (χ1) is 15.7. The fraction of sp³-hybridized carbons (Fsp3) is 0.160. The van der Waals surface area contributed by atoms with Crippen LogP contribution >= 0.6 is 11.8 Å². The molecule has 0 saturated heterocycles. The Morgan fingerprint density at radius 3 is 2.34 bits per heavy atom. The molecule has 162 valence electrons. The van der Waals surface area contributed by atoms with E-state index in [0.717, 1.165) is 29.1 Å². The molecule has 0 aliphatic heterocycles. The van der Waals surface area contributed by atoms with Crippen LogP contribution in [0, 0.1) is 0 Å². The molecule has 0 atom stereocenters. The van der Waals surface area contributed by atoms with Gasteiger partial charge in [0.15, 0.2) is 11.0 Å². The van der Waals surface area contributed by atoms with Gasteiger partial charge in [-0.2, -0.15) is 0 Å². The van der Waals surface area contributed by atoms with Crippen LogP contribution in [-0.2, 0) is 11.2 Å². The molecular formula is C25H24N4O2S. The number of carbonyl (C=O) groups excluding carboxylic acids is 1. The number of carbonyl (C=O) groups is 1. The summed E-state index contributed by atoms with van der Waals surface area (Å²) in [5, 5.41) is 12.4.